The number of aliphatic hydroxyl groups excluding tert-OH is 3. The van der Waals surface area contributed by atoms with Crippen LogP contribution in [0.25, 0.3) is 10.9 Å². The zero-order valence-electron chi connectivity index (χ0n) is 47.1. The summed E-state index contributed by atoms with van der Waals surface area (Å²) in [6.07, 6.45) is -2.64. The molecule has 2 saturated heterocycles. The van der Waals surface area contributed by atoms with Gasteiger partial charge >= 0.3 is 0 Å². The van der Waals surface area contributed by atoms with Crippen molar-refractivity contribution in [3.05, 3.63) is 23.3 Å². The van der Waals surface area contributed by atoms with Crippen LogP contribution in [-0.2, 0) is 80.5 Å². The Morgan fingerprint density at radius 1 is 0.845 bits per heavy atom. The molecule has 1 aromatic heterocycles. The van der Waals surface area contributed by atoms with Crippen LogP contribution in [0, 0.1) is 17.8 Å². The number of nitrogens with two attached hydrogens (primary N) is 1. The highest BCUT2D eigenvalue weighted by Crippen LogP contribution is 2.36. The molecule has 0 aliphatic carbocycles. The van der Waals surface area contributed by atoms with Gasteiger partial charge in [0.1, 0.15) is 47.0 Å². The van der Waals surface area contributed by atoms with E-state index in [2.05, 4.69) is 47.5 Å². The maximum Gasteiger partial charge on any atom is 0.246 e. The molecular weight excluding hydrogens is 1140 g/mol. The van der Waals surface area contributed by atoms with E-state index in [1.54, 1.807) is 20.8 Å². The first-order chi connectivity index (χ1) is 39.8. The second-order valence-electron chi connectivity index (χ2n) is 21.6. The Bertz CT molecular complexity index is 2890. The summed E-state index contributed by atoms with van der Waals surface area (Å²) in [6.45, 7) is 3.76. The molecule has 0 saturated carbocycles. The van der Waals surface area contributed by atoms with Gasteiger partial charge in [-0.3, -0.25) is 66.6 Å². The molecule has 6 rings (SSSR count). The van der Waals surface area contributed by atoms with E-state index in [-0.39, 0.29) is 88.1 Å². The minimum atomic E-state index is -2.50. The van der Waals surface area contributed by atoms with Crippen molar-refractivity contribution in [3.63, 3.8) is 0 Å². The number of benzene rings is 1. The number of hydrogen-bond donors (Lipinski definition) is 14. The molecule has 84 heavy (non-hydrogen) atoms. The molecule has 462 valence electrons. The number of fused-ring (bicyclic) bond motifs is 5. The molecule has 31 heteroatoms. The van der Waals surface area contributed by atoms with Gasteiger partial charge in [0.2, 0.25) is 70.9 Å². The molecule has 2 unspecified atom stereocenters. The van der Waals surface area contributed by atoms with Gasteiger partial charge in [0.05, 0.1) is 60.4 Å². The van der Waals surface area contributed by atoms with Crippen LogP contribution in [0.1, 0.15) is 90.2 Å². The third-order valence-corrected chi connectivity index (χ3v) is 17.8. The van der Waals surface area contributed by atoms with E-state index in [1.165, 1.54) is 35.7 Å². The van der Waals surface area contributed by atoms with E-state index >= 15 is 4.21 Å². The number of nitrogens with one attached hydrogen (secondary N) is 9. The van der Waals surface area contributed by atoms with E-state index in [9.17, 15) is 78.0 Å². The minimum absolute atomic E-state index is 0.0261. The first kappa shape index (κ1) is 65.9. The molecule has 2 bridgehead atoms. The average Bonchev–Trinajstić information content (AvgIpc) is 2.12. The lowest BCUT2D eigenvalue weighted by molar-refractivity contribution is -0.144. The second kappa shape index (κ2) is 30.0. The monoisotopic (exact) mass is 1220 g/mol. The maximum atomic E-state index is 15.2. The summed E-state index contributed by atoms with van der Waals surface area (Å²) in [5.74, 6) is -13.2. The number of unbranched alkanes of at least 4 members (excludes halogenated alkanes) is 2. The highest BCUT2D eigenvalue weighted by Gasteiger charge is 2.45. The Morgan fingerprint density at radius 3 is 2.21 bits per heavy atom. The van der Waals surface area contributed by atoms with Crippen molar-refractivity contribution >= 4 is 104 Å². The number of aromatic hydroxyl groups is 1. The van der Waals surface area contributed by atoms with Crippen LogP contribution in [0.4, 0.5) is 0 Å². The molecule has 4 aliphatic heterocycles. The van der Waals surface area contributed by atoms with E-state index in [4.69, 9.17) is 5.73 Å². The number of aliphatic hydroxyl groups is 3. The minimum Gasteiger partial charge on any atom is -0.508 e. The summed E-state index contributed by atoms with van der Waals surface area (Å²) in [4.78, 5) is 169. The predicted octanol–water partition coefficient (Wildman–Crippen LogP) is -4.62. The first-order valence-corrected chi connectivity index (χ1v) is 30.3. The standard InChI is InChI=1S/C53H76N12O17S2/c1-5-25(2)43-49(78)57-19-40(72)58-34-24-84(82)51-30(29-10-11-36(68)31(45(29)63-51)23-83-14-12-55-39(71)9-7-6-8-13-64-42(74)15-26(3)52(64)80)17-32(46(75)56-20-41(73)61-43)59-50(79)44(27(4)37(69)22-66)62-48(77)35-16-28(67)21-65(35)53(81)33(18-38(54)70)60-47(34)76/h10-11,25-28,32-35,37,43-44,63,66-69H,5-9,12-24H2,1-4H3,(H2,54,70)(H,55,71)(H,56,75)(H,57,78)(H,58,72)(H,59,79)(H,60,76)(H,61,73)(H,62,77)/t25-,26?,27-,28+,32-,33-,34-,35-,37-,43-,44-,84?/m0/s1. The topological polar surface area (TPSA) is 447 Å². The molecular formula is C53H76N12O17S2. The van der Waals surface area contributed by atoms with Crippen LogP contribution >= 0.6 is 11.8 Å². The van der Waals surface area contributed by atoms with Crippen LogP contribution in [0.15, 0.2) is 17.2 Å². The van der Waals surface area contributed by atoms with E-state index in [0.717, 1.165) is 4.90 Å². The Labute approximate surface area is 490 Å². The number of rotatable bonds is 18. The zero-order valence-corrected chi connectivity index (χ0v) is 48.8. The number of H-pyrrole nitrogens is 1. The summed E-state index contributed by atoms with van der Waals surface area (Å²) in [6, 6.07) is -7.58. The maximum absolute atomic E-state index is 15.2. The van der Waals surface area contributed by atoms with E-state index in [0.29, 0.717) is 31.4 Å². The fourth-order valence-electron chi connectivity index (χ4n) is 10.3. The number of aromatic amines is 1. The van der Waals surface area contributed by atoms with Crippen molar-refractivity contribution in [3.8, 4) is 5.75 Å². The summed E-state index contributed by atoms with van der Waals surface area (Å²) in [7, 11) is -2.50. The van der Waals surface area contributed by atoms with Gasteiger partial charge in [0, 0.05) is 79.6 Å². The number of aromatic nitrogens is 1. The van der Waals surface area contributed by atoms with Gasteiger partial charge in [0.25, 0.3) is 0 Å². The van der Waals surface area contributed by atoms with Gasteiger partial charge in [-0.25, -0.2) is 0 Å². The number of phenolic OH excluding ortho intramolecular Hbond substituents is 1. The number of phenols is 1. The number of likely N-dealkylation sites (tertiary alicyclic amines) is 1. The van der Waals surface area contributed by atoms with Gasteiger partial charge in [0.15, 0.2) is 0 Å². The van der Waals surface area contributed by atoms with E-state index < -0.39 is 176 Å². The summed E-state index contributed by atoms with van der Waals surface area (Å²) < 4.78 is 15.2. The smallest absolute Gasteiger partial charge is 0.246 e. The van der Waals surface area contributed by atoms with Gasteiger partial charge in [-0.1, -0.05) is 40.5 Å². The number of thioether (sulfide) groups is 1. The number of carbonyl (C=O) groups is 12. The molecule has 4 aliphatic rings. The molecule has 5 heterocycles. The predicted molar refractivity (Wildman–Crippen MR) is 300 cm³/mol. The lowest BCUT2D eigenvalue weighted by Gasteiger charge is -2.32. The Kier molecular flexibility index (Phi) is 23.6. The Morgan fingerprint density at radius 2 is 1.55 bits per heavy atom. The quantitative estimate of drug-likeness (QED) is 0.0493. The molecule has 2 aromatic rings. The van der Waals surface area contributed by atoms with Crippen molar-refractivity contribution in [1.82, 2.24) is 57.3 Å². The van der Waals surface area contributed by atoms with Crippen molar-refractivity contribution in [1.29, 1.82) is 0 Å². The second-order valence-corrected chi connectivity index (χ2v) is 24.1. The molecule has 2 fully saturated rings. The van der Waals surface area contributed by atoms with Crippen LogP contribution in [-0.4, -0.2) is 210 Å². The SMILES string of the molecule is CC[C@H](C)[C@@H]1NC(=O)CNC(=O)[C@@H]2Cc3c([nH]c4c(CSCCNC(=O)CCCCCN5C(=O)CC(C)C5=O)c(O)ccc34)S(=O)C[C@H](NC(=O)CNC1=O)C(=O)N[C@@H](CC(N)=O)C(=O)N1C[C@H](O)C[C@H]1C(=O)N[C@@H]([C@@H](C)[C@@H](O)CO)C(=O)N2. The Balaban J connectivity index is 1.40. The molecule has 1 aromatic carbocycles. The highest BCUT2D eigenvalue weighted by atomic mass is 32.2. The summed E-state index contributed by atoms with van der Waals surface area (Å²) in [5.41, 5.74) is 5.98. The molecule has 0 spiro atoms. The molecule has 0 radical (unpaired) electrons. The first-order valence-electron chi connectivity index (χ1n) is 27.9. The summed E-state index contributed by atoms with van der Waals surface area (Å²) >= 11 is 1.28. The lowest BCUT2D eigenvalue weighted by Crippen LogP contribution is -2.62. The van der Waals surface area contributed by atoms with Gasteiger partial charge in [-0.05, 0) is 36.5 Å². The number of carbonyl (C=O) groups excluding carboxylic acids is 12. The number of nitrogens with zero attached hydrogens (tertiary/aromatic N) is 2. The highest BCUT2D eigenvalue weighted by molar-refractivity contribution is 7.98. The number of hydrogen-bond acceptors (Lipinski definition) is 18. The van der Waals surface area contributed by atoms with Crippen molar-refractivity contribution in [2.24, 2.45) is 23.5 Å². The van der Waals surface area contributed by atoms with Crippen LogP contribution in [0.3, 0.4) is 0 Å². The normalized spacial score (nSPS) is 26.4. The van der Waals surface area contributed by atoms with Gasteiger partial charge < -0.3 is 78.6 Å². The summed E-state index contributed by atoms with van der Waals surface area (Å²) in [5, 5.41) is 63.3. The zero-order chi connectivity index (χ0) is 61.7. The van der Waals surface area contributed by atoms with Crippen molar-refractivity contribution < 1.29 is 82.2 Å². The van der Waals surface area contributed by atoms with Gasteiger partial charge in [-0.2, -0.15) is 11.8 Å². The number of imide groups is 1. The molecule has 12 amide bonds. The average molecular weight is 1220 g/mol. The third-order valence-electron chi connectivity index (χ3n) is 15.4. The molecule has 29 nitrogen and oxygen atoms in total. The number of primary amides is 1. The van der Waals surface area contributed by atoms with Crippen molar-refractivity contribution in [2.45, 2.75) is 145 Å². The van der Waals surface area contributed by atoms with E-state index in [1.807, 2.05) is 0 Å². The fraction of sp³-hybridized carbons (Fsp3) is 0.623. The number of amides is 12. The third kappa shape index (κ3) is 16.8. The largest absolute Gasteiger partial charge is 0.508 e. The molecule has 12 atom stereocenters. The van der Waals surface area contributed by atoms with Crippen LogP contribution in [0.2, 0.25) is 0 Å². The lowest BCUT2D eigenvalue weighted by atomic mass is 9.93. The van der Waals surface area contributed by atoms with Crippen LogP contribution < -0.4 is 48.3 Å². The molecule has 15 N–H and O–H groups in total. The van der Waals surface area contributed by atoms with Crippen molar-refractivity contribution in [2.75, 3.05) is 50.8 Å². The van der Waals surface area contributed by atoms with Gasteiger partial charge in [-0.15, -0.1) is 0 Å². The Hall–Kier alpha value is -7.22. The van der Waals surface area contributed by atoms with Crippen LogP contribution in [0.5, 0.6) is 5.75 Å². The fourth-order valence-corrected chi connectivity index (χ4v) is 12.6.